The van der Waals surface area contributed by atoms with Crippen molar-refractivity contribution in [3.8, 4) is 11.5 Å². The summed E-state index contributed by atoms with van der Waals surface area (Å²) in [5.41, 5.74) is 0.694. The van der Waals surface area contributed by atoms with Crippen molar-refractivity contribution < 1.29 is 22.3 Å². The van der Waals surface area contributed by atoms with Gasteiger partial charge in [-0.15, -0.1) is 0 Å². The summed E-state index contributed by atoms with van der Waals surface area (Å²) in [6.07, 6.45) is 2.75. The number of nitrogens with one attached hydrogen (secondary N) is 1. The number of para-hydroxylation sites is 2. The van der Waals surface area contributed by atoms with Crippen LogP contribution in [0.5, 0.6) is 11.5 Å². The number of anilines is 1. The molecule has 9 heteroatoms. The molecule has 1 aliphatic rings. The van der Waals surface area contributed by atoms with E-state index in [2.05, 4.69) is 9.82 Å². The normalized spacial score (nSPS) is 16.0. The van der Waals surface area contributed by atoms with Crippen LogP contribution in [0.15, 0.2) is 60.9 Å². The third kappa shape index (κ3) is 4.42. The molecule has 0 aliphatic carbocycles. The van der Waals surface area contributed by atoms with Crippen LogP contribution in [0, 0.1) is 5.82 Å². The van der Waals surface area contributed by atoms with Crippen molar-refractivity contribution in [3.63, 3.8) is 0 Å². The summed E-state index contributed by atoms with van der Waals surface area (Å²) in [6.45, 7) is 0.775. The molecule has 0 spiro atoms. The van der Waals surface area contributed by atoms with Crippen molar-refractivity contribution in [2.75, 3.05) is 11.3 Å². The summed E-state index contributed by atoms with van der Waals surface area (Å²) in [7, 11) is -3.69. The minimum Gasteiger partial charge on any atom is -0.486 e. The standard InChI is InChI=1S/C19H18FN3O4S/c20-15-5-3-4-14(8-15)13-28(24,25)22-16-9-21-23(10-16)11-17-12-26-18-6-1-2-7-19(18)27-17/h1-10,17,22H,11-13H2. The van der Waals surface area contributed by atoms with E-state index < -0.39 is 15.8 Å². The average Bonchev–Trinajstić information content (AvgIpc) is 3.07. The number of sulfonamides is 1. The van der Waals surface area contributed by atoms with Gasteiger partial charge in [-0.1, -0.05) is 24.3 Å². The molecule has 0 bridgehead atoms. The Morgan fingerprint density at radius 1 is 1.18 bits per heavy atom. The molecule has 0 radical (unpaired) electrons. The number of rotatable bonds is 6. The number of hydrogen-bond donors (Lipinski definition) is 1. The Hall–Kier alpha value is -3.07. The Morgan fingerprint density at radius 2 is 2.00 bits per heavy atom. The van der Waals surface area contributed by atoms with Gasteiger partial charge in [-0.25, -0.2) is 12.8 Å². The molecule has 3 aromatic rings. The largest absolute Gasteiger partial charge is 0.486 e. The molecule has 0 saturated heterocycles. The molecule has 2 heterocycles. The molecule has 1 unspecified atom stereocenters. The second-order valence-electron chi connectivity index (χ2n) is 6.44. The number of hydrogen-bond acceptors (Lipinski definition) is 5. The molecule has 0 amide bonds. The molecule has 0 fully saturated rings. The van der Waals surface area contributed by atoms with E-state index in [4.69, 9.17) is 9.47 Å². The fourth-order valence-corrected chi connectivity index (χ4v) is 4.09. The van der Waals surface area contributed by atoms with Gasteiger partial charge in [0.15, 0.2) is 17.6 Å². The van der Waals surface area contributed by atoms with Gasteiger partial charge in [-0.3, -0.25) is 9.40 Å². The average molecular weight is 403 g/mol. The number of ether oxygens (including phenoxy) is 2. The van der Waals surface area contributed by atoms with Gasteiger partial charge in [-0.2, -0.15) is 5.10 Å². The van der Waals surface area contributed by atoms with Crippen molar-refractivity contribution >= 4 is 15.7 Å². The van der Waals surface area contributed by atoms with Gasteiger partial charge in [0, 0.05) is 6.20 Å². The highest BCUT2D eigenvalue weighted by atomic mass is 32.2. The molecular weight excluding hydrogens is 385 g/mol. The summed E-state index contributed by atoms with van der Waals surface area (Å²) in [5, 5.41) is 4.17. The van der Waals surface area contributed by atoms with Crippen LogP contribution in [-0.2, 0) is 22.3 Å². The van der Waals surface area contributed by atoms with E-state index >= 15 is 0 Å². The SMILES string of the molecule is O=S(=O)(Cc1cccc(F)c1)Nc1cnn(CC2COc3ccccc3O2)c1. The van der Waals surface area contributed by atoms with Gasteiger partial charge >= 0.3 is 0 Å². The first-order valence-corrected chi connectivity index (χ1v) is 10.3. The maximum atomic E-state index is 13.2. The number of nitrogens with zero attached hydrogens (tertiary/aromatic N) is 2. The molecule has 2 aromatic carbocycles. The van der Waals surface area contributed by atoms with E-state index in [0.717, 1.165) is 0 Å². The van der Waals surface area contributed by atoms with E-state index in [0.29, 0.717) is 35.9 Å². The van der Waals surface area contributed by atoms with Gasteiger partial charge in [-0.05, 0) is 29.8 Å². The third-order valence-electron chi connectivity index (χ3n) is 4.11. The van der Waals surface area contributed by atoms with Gasteiger partial charge in [0.2, 0.25) is 10.0 Å². The van der Waals surface area contributed by atoms with Crippen molar-refractivity contribution in [1.82, 2.24) is 9.78 Å². The lowest BCUT2D eigenvalue weighted by atomic mass is 10.2. The minimum absolute atomic E-state index is 0.244. The lowest BCUT2D eigenvalue weighted by Gasteiger charge is -2.26. The van der Waals surface area contributed by atoms with E-state index in [1.54, 1.807) is 16.9 Å². The number of benzene rings is 2. The van der Waals surface area contributed by atoms with Crippen molar-refractivity contribution in [3.05, 3.63) is 72.3 Å². The second-order valence-corrected chi connectivity index (χ2v) is 8.16. The first-order chi connectivity index (χ1) is 13.5. The fourth-order valence-electron chi connectivity index (χ4n) is 2.94. The maximum Gasteiger partial charge on any atom is 0.237 e. The van der Waals surface area contributed by atoms with Crippen LogP contribution >= 0.6 is 0 Å². The molecule has 7 nitrogen and oxygen atoms in total. The van der Waals surface area contributed by atoms with Crippen molar-refractivity contribution in [1.29, 1.82) is 0 Å². The van der Waals surface area contributed by atoms with Crippen molar-refractivity contribution in [2.24, 2.45) is 0 Å². The monoisotopic (exact) mass is 403 g/mol. The zero-order valence-electron chi connectivity index (χ0n) is 14.8. The maximum absolute atomic E-state index is 13.2. The van der Waals surface area contributed by atoms with E-state index in [1.807, 2.05) is 24.3 Å². The Balaban J connectivity index is 1.38. The molecule has 28 heavy (non-hydrogen) atoms. The molecule has 1 atom stereocenters. The van der Waals surface area contributed by atoms with E-state index in [9.17, 15) is 12.8 Å². The van der Waals surface area contributed by atoms with Crippen LogP contribution in [0.3, 0.4) is 0 Å². The highest BCUT2D eigenvalue weighted by Gasteiger charge is 2.21. The summed E-state index contributed by atoms with van der Waals surface area (Å²) in [5.74, 6) is 0.565. The summed E-state index contributed by atoms with van der Waals surface area (Å²) < 4.78 is 53.4. The fraction of sp³-hybridized carbons (Fsp3) is 0.211. The molecule has 0 saturated carbocycles. The molecular formula is C19H18FN3O4S. The Kier molecular flexibility index (Phi) is 4.91. The van der Waals surface area contributed by atoms with Crippen LogP contribution in [0.25, 0.3) is 0 Å². The number of halogens is 1. The molecule has 146 valence electrons. The quantitative estimate of drug-likeness (QED) is 0.684. The van der Waals surface area contributed by atoms with Crippen LogP contribution in [0.2, 0.25) is 0 Å². The molecule has 1 N–H and O–H groups in total. The molecule has 1 aromatic heterocycles. The Labute approximate surface area is 161 Å². The molecule has 4 rings (SSSR count). The highest BCUT2D eigenvalue weighted by molar-refractivity contribution is 7.91. The van der Waals surface area contributed by atoms with Gasteiger partial charge in [0.1, 0.15) is 12.4 Å². The first kappa shape index (κ1) is 18.3. The highest BCUT2D eigenvalue weighted by Crippen LogP contribution is 2.31. The summed E-state index contributed by atoms with van der Waals surface area (Å²) in [4.78, 5) is 0. The van der Waals surface area contributed by atoms with E-state index in [1.165, 1.54) is 24.4 Å². The van der Waals surface area contributed by atoms with Crippen LogP contribution in [0.4, 0.5) is 10.1 Å². The Morgan fingerprint density at radius 3 is 2.82 bits per heavy atom. The van der Waals surface area contributed by atoms with Gasteiger partial charge < -0.3 is 9.47 Å². The number of fused-ring (bicyclic) bond motifs is 1. The lowest BCUT2D eigenvalue weighted by molar-refractivity contribution is 0.0759. The van der Waals surface area contributed by atoms with Crippen molar-refractivity contribution in [2.45, 2.75) is 18.4 Å². The summed E-state index contributed by atoms with van der Waals surface area (Å²) >= 11 is 0. The smallest absolute Gasteiger partial charge is 0.237 e. The lowest BCUT2D eigenvalue weighted by Crippen LogP contribution is -2.33. The molecule has 1 aliphatic heterocycles. The zero-order valence-corrected chi connectivity index (χ0v) is 15.6. The number of aromatic nitrogens is 2. The minimum atomic E-state index is -3.69. The topological polar surface area (TPSA) is 82.5 Å². The predicted molar refractivity (Wildman–Crippen MR) is 101 cm³/mol. The predicted octanol–water partition coefficient (Wildman–Crippen LogP) is 2.80. The first-order valence-electron chi connectivity index (χ1n) is 8.63. The Bertz CT molecular complexity index is 1080. The van der Waals surface area contributed by atoms with Crippen LogP contribution < -0.4 is 14.2 Å². The van der Waals surface area contributed by atoms with Crippen LogP contribution in [-0.4, -0.2) is 30.9 Å². The van der Waals surface area contributed by atoms with Gasteiger partial charge in [0.05, 0.1) is 24.2 Å². The van der Waals surface area contributed by atoms with Gasteiger partial charge in [0.25, 0.3) is 0 Å². The van der Waals surface area contributed by atoms with Crippen LogP contribution in [0.1, 0.15) is 5.56 Å². The second kappa shape index (κ2) is 7.51. The zero-order chi connectivity index (χ0) is 19.6. The summed E-state index contributed by atoms with van der Waals surface area (Å²) in [6, 6.07) is 12.9. The third-order valence-corrected chi connectivity index (χ3v) is 5.37. The van der Waals surface area contributed by atoms with E-state index in [-0.39, 0.29) is 11.9 Å².